The number of hydrogen-bond donors (Lipinski definition) is 1. The topological polar surface area (TPSA) is 29.1 Å². The van der Waals surface area contributed by atoms with Crippen LogP contribution in [-0.4, -0.2) is 19.4 Å². The first-order valence-electron chi connectivity index (χ1n) is 5.76. The molecule has 0 aliphatic carbocycles. The lowest BCUT2D eigenvalue weighted by Crippen LogP contribution is -2.11. The fourth-order valence-corrected chi connectivity index (χ4v) is 1.64. The Balaban J connectivity index is 2.60. The van der Waals surface area contributed by atoms with E-state index in [4.69, 9.17) is 0 Å². The highest BCUT2D eigenvalue weighted by atomic mass is 19.4. The lowest BCUT2D eigenvalue weighted by Gasteiger charge is -2.08. The fraction of sp³-hybridized carbons (Fsp3) is 0.462. The van der Waals surface area contributed by atoms with Gasteiger partial charge in [0.25, 0.3) is 0 Å². The van der Waals surface area contributed by atoms with Crippen molar-refractivity contribution in [2.45, 2.75) is 25.4 Å². The molecule has 0 saturated heterocycles. The van der Waals surface area contributed by atoms with Gasteiger partial charge >= 0.3 is 6.18 Å². The molecule has 0 aliphatic rings. The highest BCUT2D eigenvalue weighted by Crippen LogP contribution is 2.29. The van der Waals surface area contributed by atoms with Crippen LogP contribution >= 0.6 is 0 Å². The van der Waals surface area contributed by atoms with Gasteiger partial charge in [-0.15, -0.1) is 0 Å². The summed E-state index contributed by atoms with van der Waals surface area (Å²) in [5.74, 6) is -0.0374. The lowest BCUT2D eigenvalue weighted by molar-refractivity contribution is -0.137. The normalized spacial score (nSPS) is 11.6. The van der Waals surface area contributed by atoms with Gasteiger partial charge in [0.05, 0.1) is 5.56 Å². The van der Waals surface area contributed by atoms with Crippen LogP contribution in [0, 0.1) is 0 Å². The van der Waals surface area contributed by atoms with E-state index in [1.807, 2.05) is 0 Å². The van der Waals surface area contributed by atoms with Crippen LogP contribution in [0.25, 0.3) is 0 Å². The molecule has 0 fully saturated rings. The Hall–Kier alpha value is -1.36. The number of benzene rings is 1. The summed E-state index contributed by atoms with van der Waals surface area (Å²) in [5, 5.41) is 2.91. The summed E-state index contributed by atoms with van der Waals surface area (Å²) in [5.41, 5.74) is -0.290. The van der Waals surface area contributed by atoms with Crippen molar-refractivity contribution in [1.82, 2.24) is 5.32 Å². The van der Waals surface area contributed by atoms with Crippen molar-refractivity contribution in [3.63, 3.8) is 0 Å². The van der Waals surface area contributed by atoms with Crippen molar-refractivity contribution in [3.05, 3.63) is 35.4 Å². The quantitative estimate of drug-likeness (QED) is 0.796. The Morgan fingerprint density at radius 2 is 2.06 bits per heavy atom. The van der Waals surface area contributed by atoms with Crippen molar-refractivity contribution in [1.29, 1.82) is 0 Å². The minimum atomic E-state index is -4.36. The van der Waals surface area contributed by atoms with Gasteiger partial charge in [0, 0.05) is 12.8 Å². The maximum atomic E-state index is 12.5. The van der Waals surface area contributed by atoms with Crippen LogP contribution < -0.4 is 5.32 Å². The number of nitrogens with one attached hydrogen (secondary N) is 1. The van der Waals surface area contributed by atoms with Gasteiger partial charge in [-0.25, -0.2) is 0 Å². The van der Waals surface area contributed by atoms with Crippen LogP contribution in [-0.2, 0) is 17.4 Å². The Morgan fingerprint density at radius 1 is 1.33 bits per heavy atom. The first-order valence-corrected chi connectivity index (χ1v) is 5.76. The Labute approximate surface area is 104 Å². The van der Waals surface area contributed by atoms with Crippen LogP contribution in [0.2, 0.25) is 0 Å². The van der Waals surface area contributed by atoms with Gasteiger partial charge in [-0.05, 0) is 31.6 Å². The SMILES string of the molecule is CNCCCC(=O)Cc1cccc(C(F)(F)F)c1. The third-order valence-corrected chi connectivity index (χ3v) is 2.54. The molecule has 0 amide bonds. The number of halogens is 3. The van der Waals surface area contributed by atoms with E-state index in [9.17, 15) is 18.0 Å². The smallest absolute Gasteiger partial charge is 0.320 e. The molecule has 0 unspecified atom stereocenters. The van der Waals surface area contributed by atoms with E-state index in [0.29, 0.717) is 18.4 Å². The number of carbonyl (C=O) groups excluding carboxylic acids is 1. The average molecular weight is 259 g/mol. The molecule has 0 heterocycles. The van der Waals surface area contributed by atoms with Crippen molar-refractivity contribution in [2.24, 2.45) is 0 Å². The molecule has 2 nitrogen and oxygen atoms in total. The molecule has 1 rings (SSSR count). The average Bonchev–Trinajstić information content (AvgIpc) is 2.28. The first kappa shape index (κ1) is 14.7. The summed E-state index contributed by atoms with van der Waals surface area (Å²) in [6.07, 6.45) is -3.20. The second kappa shape index (κ2) is 6.54. The number of Topliss-reactive ketones (excluding diaryl/α,β-unsaturated/α-hetero) is 1. The number of alkyl halides is 3. The molecular formula is C13H16F3NO. The molecule has 0 aliphatic heterocycles. The molecular weight excluding hydrogens is 243 g/mol. The van der Waals surface area contributed by atoms with Gasteiger partial charge in [-0.3, -0.25) is 4.79 Å². The fourth-order valence-electron chi connectivity index (χ4n) is 1.64. The third-order valence-electron chi connectivity index (χ3n) is 2.54. The Morgan fingerprint density at radius 3 is 2.67 bits per heavy atom. The van der Waals surface area contributed by atoms with Gasteiger partial charge in [0.2, 0.25) is 0 Å². The van der Waals surface area contributed by atoms with Crippen LogP contribution in [0.1, 0.15) is 24.0 Å². The molecule has 0 spiro atoms. The van der Waals surface area contributed by atoms with E-state index in [1.165, 1.54) is 6.07 Å². The van der Waals surface area contributed by atoms with Crippen molar-refractivity contribution in [2.75, 3.05) is 13.6 Å². The molecule has 1 aromatic rings. The van der Waals surface area contributed by atoms with Gasteiger partial charge in [0.15, 0.2) is 0 Å². The molecule has 1 N–H and O–H groups in total. The second-order valence-corrected chi connectivity index (χ2v) is 4.12. The third kappa shape index (κ3) is 4.87. The van der Waals surface area contributed by atoms with E-state index in [0.717, 1.165) is 18.7 Å². The van der Waals surface area contributed by atoms with Gasteiger partial charge in [-0.1, -0.05) is 18.2 Å². The molecule has 0 saturated carbocycles. The van der Waals surface area contributed by atoms with E-state index in [1.54, 1.807) is 13.1 Å². The Kier molecular flexibility index (Phi) is 5.34. The van der Waals surface area contributed by atoms with Crippen LogP contribution in [0.5, 0.6) is 0 Å². The van der Waals surface area contributed by atoms with E-state index in [-0.39, 0.29) is 12.2 Å². The number of hydrogen-bond acceptors (Lipinski definition) is 2. The zero-order chi connectivity index (χ0) is 13.6. The zero-order valence-electron chi connectivity index (χ0n) is 10.2. The summed E-state index contributed by atoms with van der Waals surface area (Å²) in [4.78, 5) is 11.5. The summed E-state index contributed by atoms with van der Waals surface area (Å²) in [6, 6.07) is 4.93. The van der Waals surface area contributed by atoms with Gasteiger partial charge in [0.1, 0.15) is 5.78 Å². The van der Waals surface area contributed by atoms with Crippen molar-refractivity contribution in [3.8, 4) is 0 Å². The van der Waals surface area contributed by atoms with Crippen molar-refractivity contribution >= 4 is 5.78 Å². The van der Waals surface area contributed by atoms with Gasteiger partial charge in [-0.2, -0.15) is 13.2 Å². The molecule has 5 heteroatoms. The zero-order valence-corrected chi connectivity index (χ0v) is 10.2. The lowest BCUT2D eigenvalue weighted by atomic mass is 10.0. The summed E-state index contributed by atoms with van der Waals surface area (Å²) < 4.78 is 37.4. The Bertz CT molecular complexity index is 401. The van der Waals surface area contributed by atoms with E-state index < -0.39 is 11.7 Å². The monoisotopic (exact) mass is 259 g/mol. The second-order valence-electron chi connectivity index (χ2n) is 4.12. The molecule has 0 radical (unpaired) electrons. The largest absolute Gasteiger partial charge is 0.416 e. The van der Waals surface area contributed by atoms with E-state index in [2.05, 4.69) is 5.32 Å². The number of rotatable bonds is 6. The highest BCUT2D eigenvalue weighted by Gasteiger charge is 2.30. The van der Waals surface area contributed by atoms with Gasteiger partial charge < -0.3 is 5.32 Å². The molecule has 0 aromatic heterocycles. The van der Waals surface area contributed by atoms with Crippen LogP contribution in [0.4, 0.5) is 13.2 Å². The van der Waals surface area contributed by atoms with Crippen LogP contribution in [0.3, 0.4) is 0 Å². The molecule has 0 atom stereocenters. The summed E-state index contributed by atoms with van der Waals surface area (Å²) in [7, 11) is 1.79. The summed E-state index contributed by atoms with van der Waals surface area (Å²) in [6.45, 7) is 0.730. The number of ketones is 1. The van der Waals surface area contributed by atoms with Crippen molar-refractivity contribution < 1.29 is 18.0 Å². The maximum Gasteiger partial charge on any atom is 0.416 e. The number of carbonyl (C=O) groups is 1. The first-order chi connectivity index (χ1) is 8.43. The maximum absolute atomic E-state index is 12.5. The van der Waals surface area contributed by atoms with E-state index >= 15 is 0 Å². The predicted molar refractivity (Wildman–Crippen MR) is 63.3 cm³/mol. The summed E-state index contributed by atoms with van der Waals surface area (Å²) >= 11 is 0. The van der Waals surface area contributed by atoms with Crippen LogP contribution in [0.15, 0.2) is 24.3 Å². The molecule has 18 heavy (non-hydrogen) atoms. The molecule has 1 aromatic carbocycles. The highest BCUT2D eigenvalue weighted by molar-refractivity contribution is 5.80. The standard InChI is InChI=1S/C13H16F3NO/c1-17-7-3-6-12(18)9-10-4-2-5-11(8-10)13(14,15)16/h2,4-5,8,17H,3,6-7,9H2,1H3. The molecule has 100 valence electrons. The predicted octanol–water partition coefficient (Wildman–Crippen LogP) is 2.82. The minimum Gasteiger partial charge on any atom is -0.320 e. The molecule has 0 bridgehead atoms. The minimum absolute atomic E-state index is 0.0374.